The van der Waals surface area contributed by atoms with Gasteiger partial charge in [0.1, 0.15) is 0 Å². The molecule has 5 nitrogen and oxygen atoms in total. The zero-order chi connectivity index (χ0) is 17.4. The number of carbonyl (C=O) groups excluding carboxylic acids is 2. The summed E-state index contributed by atoms with van der Waals surface area (Å²) < 4.78 is 1.05. The van der Waals surface area contributed by atoms with Crippen LogP contribution in [0, 0.1) is 12.8 Å². The van der Waals surface area contributed by atoms with Crippen LogP contribution in [0.2, 0.25) is 0 Å². The van der Waals surface area contributed by atoms with Crippen LogP contribution < -0.4 is 10.6 Å². The van der Waals surface area contributed by atoms with Gasteiger partial charge in [-0.3, -0.25) is 14.9 Å². The molecule has 0 saturated heterocycles. The standard InChI is InChI=1S/C19H17N3O2S/c1-11-3-2-4-15-16(11)21-19(25-15)22-18(24)13-7-9-14(10-8-13)20-17(23)12-5-6-12/h2-4,7-10,12H,5-6H2,1H3,(H,20,23)(H,21,22,24). The first kappa shape index (κ1) is 15.8. The highest BCUT2D eigenvalue weighted by molar-refractivity contribution is 7.22. The van der Waals surface area contributed by atoms with Crippen LogP contribution in [0.3, 0.4) is 0 Å². The van der Waals surface area contributed by atoms with Gasteiger partial charge < -0.3 is 5.32 Å². The van der Waals surface area contributed by atoms with Crippen LogP contribution in [0.25, 0.3) is 10.2 Å². The smallest absolute Gasteiger partial charge is 0.257 e. The molecule has 6 heteroatoms. The minimum absolute atomic E-state index is 0.0575. The van der Waals surface area contributed by atoms with E-state index in [1.54, 1.807) is 24.3 Å². The lowest BCUT2D eigenvalue weighted by atomic mass is 10.2. The summed E-state index contributed by atoms with van der Waals surface area (Å²) in [5, 5.41) is 6.29. The van der Waals surface area contributed by atoms with Gasteiger partial charge in [0.25, 0.3) is 5.91 Å². The summed E-state index contributed by atoms with van der Waals surface area (Å²) in [4.78, 5) is 28.6. The molecule has 2 N–H and O–H groups in total. The van der Waals surface area contributed by atoms with Crippen molar-refractivity contribution in [2.45, 2.75) is 19.8 Å². The molecule has 1 aromatic heterocycles. The molecule has 2 aromatic carbocycles. The number of hydrogen-bond acceptors (Lipinski definition) is 4. The van der Waals surface area contributed by atoms with E-state index >= 15 is 0 Å². The first-order valence-corrected chi connectivity index (χ1v) is 9.00. The van der Waals surface area contributed by atoms with Crippen molar-refractivity contribution in [2.75, 3.05) is 10.6 Å². The number of fused-ring (bicyclic) bond motifs is 1. The number of aryl methyl sites for hydroxylation is 1. The van der Waals surface area contributed by atoms with Gasteiger partial charge in [-0.1, -0.05) is 23.5 Å². The summed E-state index contributed by atoms with van der Waals surface area (Å²) in [5.41, 5.74) is 3.25. The van der Waals surface area contributed by atoms with E-state index in [2.05, 4.69) is 15.6 Å². The topological polar surface area (TPSA) is 71.1 Å². The van der Waals surface area contributed by atoms with Crippen LogP contribution in [0.1, 0.15) is 28.8 Å². The van der Waals surface area contributed by atoms with E-state index in [4.69, 9.17) is 0 Å². The van der Waals surface area contributed by atoms with Crippen molar-refractivity contribution in [3.8, 4) is 0 Å². The third kappa shape index (κ3) is 3.39. The Kier molecular flexibility index (Phi) is 3.97. The first-order chi connectivity index (χ1) is 12.1. The minimum Gasteiger partial charge on any atom is -0.326 e. The number of para-hydroxylation sites is 1. The Morgan fingerprint density at radius 3 is 2.52 bits per heavy atom. The highest BCUT2D eigenvalue weighted by Crippen LogP contribution is 2.30. The summed E-state index contributed by atoms with van der Waals surface area (Å²) in [6.07, 6.45) is 1.93. The highest BCUT2D eigenvalue weighted by atomic mass is 32.1. The second-order valence-electron chi connectivity index (χ2n) is 6.24. The number of benzene rings is 2. The van der Waals surface area contributed by atoms with Crippen LogP contribution in [0.15, 0.2) is 42.5 Å². The molecule has 0 radical (unpaired) electrons. The fourth-order valence-corrected chi connectivity index (χ4v) is 3.54. The van der Waals surface area contributed by atoms with Gasteiger partial charge in [-0.15, -0.1) is 0 Å². The molecule has 3 aromatic rings. The molecule has 0 bridgehead atoms. The van der Waals surface area contributed by atoms with E-state index in [0.717, 1.165) is 28.6 Å². The average Bonchev–Trinajstić information content (AvgIpc) is 3.37. The fraction of sp³-hybridized carbons (Fsp3) is 0.211. The molecule has 1 aliphatic rings. The third-order valence-electron chi connectivity index (χ3n) is 4.20. The number of carbonyl (C=O) groups is 2. The summed E-state index contributed by atoms with van der Waals surface area (Å²) in [5.74, 6) is 0.00397. The van der Waals surface area contributed by atoms with Gasteiger partial charge in [0, 0.05) is 17.2 Å². The largest absolute Gasteiger partial charge is 0.326 e. The number of amides is 2. The predicted molar refractivity (Wildman–Crippen MR) is 100 cm³/mol. The van der Waals surface area contributed by atoms with Crippen molar-refractivity contribution in [1.29, 1.82) is 0 Å². The van der Waals surface area contributed by atoms with Crippen LogP contribution >= 0.6 is 11.3 Å². The van der Waals surface area contributed by atoms with Crippen LogP contribution in [-0.4, -0.2) is 16.8 Å². The molecule has 1 fully saturated rings. The monoisotopic (exact) mass is 351 g/mol. The molecule has 126 valence electrons. The minimum atomic E-state index is -0.211. The molecule has 4 rings (SSSR count). The van der Waals surface area contributed by atoms with Crippen LogP contribution in [-0.2, 0) is 4.79 Å². The van der Waals surface area contributed by atoms with Crippen molar-refractivity contribution in [3.63, 3.8) is 0 Å². The van der Waals surface area contributed by atoms with Gasteiger partial charge in [0.05, 0.1) is 10.2 Å². The molecule has 0 atom stereocenters. The summed E-state index contributed by atoms with van der Waals surface area (Å²) in [7, 11) is 0. The van der Waals surface area contributed by atoms with E-state index in [1.165, 1.54) is 11.3 Å². The maximum Gasteiger partial charge on any atom is 0.257 e. The SMILES string of the molecule is Cc1cccc2sc(NC(=O)c3ccc(NC(=O)C4CC4)cc3)nc12. The number of thiazole rings is 1. The Labute approximate surface area is 149 Å². The van der Waals surface area contributed by atoms with E-state index in [1.807, 2.05) is 25.1 Å². The Morgan fingerprint density at radius 2 is 1.84 bits per heavy atom. The molecular weight excluding hydrogens is 334 g/mol. The van der Waals surface area contributed by atoms with Gasteiger partial charge in [-0.25, -0.2) is 4.98 Å². The van der Waals surface area contributed by atoms with Crippen molar-refractivity contribution < 1.29 is 9.59 Å². The van der Waals surface area contributed by atoms with Crippen LogP contribution in [0.4, 0.5) is 10.8 Å². The second kappa shape index (κ2) is 6.29. The lowest BCUT2D eigenvalue weighted by Crippen LogP contribution is -2.14. The lowest BCUT2D eigenvalue weighted by molar-refractivity contribution is -0.117. The Morgan fingerprint density at radius 1 is 1.08 bits per heavy atom. The maximum atomic E-state index is 12.4. The van der Waals surface area contributed by atoms with Gasteiger partial charge >= 0.3 is 0 Å². The Hall–Kier alpha value is -2.73. The third-order valence-corrected chi connectivity index (χ3v) is 5.14. The molecular formula is C19H17N3O2S. The molecule has 1 heterocycles. The van der Waals surface area contributed by atoms with Crippen molar-refractivity contribution >= 4 is 44.2 Å². The molecule has 1 aliphatic carbocycles. The van der Waals surface area contributed by atoms with Crippen molar-refractivity contribution in [1.82, 2.24) is 4.98 Å². The molecule has 1 saturated carbocycles. The zero-order valence-electron chi connectivity index (χ0n) is 13.7. The maximum absolute atomic E-state index is 12.4. The van der Waals surface area contributed by atoms with E-state index in [-0.39, 0.29) is 17.7 Å². The van der Waals surface area contributed by atoms with Gasteiger partial charge in [0.2, 0.25) is 5.91 Å². The quantitative estimate of drug-likeness (QED) is 0.740. The molecule has 0 aliphatic heterocycles. The Balaban J connectivity index is 1.46. The summed E-state index contributed by atoms with van der Waals surface area (Å²) in [6.45, 7) is 2.00. The van der Waals surface area contributed by atoms with E-state index in [0.29, 0.717) is 16.4 Å². The summed E-state index contributed by atoms with van der Waals surface area (Å²) >= 11 is 1.46. The van der Waals surface area contributed by atoms with Crippen molar-refractivity contribution in [3.05, 3.63) is 53.6 Å². The summed E-state index contributed by atoms with van der Waals surface area (Å²) in [6, 6.07) is 12.9. The lowest BCUT2D eigenvalue weighted by Gasteiger charge is -2.06. The number of nitrogens with zero attached hydrogens (tertiary/aromatic N) is 1. The molecule has 2 amide bonds. The van der Waals surface area contributed by atoms with Crippen LogP contribution in [0.5, 0.6) is 0 Å². The number of rotatable bonds is 4. The van der Waals surface area contributed by atoms with Gasteiger partial charge in [0.15, 0.2) is 5.13 Å². The highest BCUT2D eigenvalue weighted by Gasteiger charge is 2.29. The second-order valence-corrected chi connectivity index (χ2v) is 7.27. The number of nitrogens with one attached hydrogen (secondary N) is 2. The molecule has 25 heavy (non-hydrogen) atoms. The number of aromatic nitrogens is 1. The number of anilines is 2. The number of hydrogen-bond donors (Lipinski definition) is 2. The van der Waals surface area contributed by atoms with Crippen molar-refractivity contribution in [2.24, 2.45) is 5.92 Å². The predicted octanol–water partition coefficient (Wildman–Crippen LogP) is 4.21. The van der Waals surface area contributed by atoms with E-state index < -0.39 is 0 Å². The van der Waals surface area contributed by atoms with E-state index in [9.17, 15) is 9.59 Å². The molecule has 0 spiro atoms. The molecule has 0 unspecified atom stereocenters. The zero-order valence-corrected chi connectivity index (χ0v) is 14.5. The fourth-order valence-electron chi connectivity index (χ4n) is 2.60. The Bertz CT molecular complexity index is 958. The average molecular weight is 351 g/mol. The van der Waals surface area contributed by atoms with Gasteiger partial charge in [-0.05, 0) is 55.7 Å². The van der Waals surface area contributed by atoms with Gasteiger partial charge in [-0.2, -0.15) is 0 Å². The normalized spacial score (nSPS) is 13.6. The first-order valence-electron chi connectivity index (χ1n) is 8.18.